The van der Waals surface area contributed by atoms with Gasteiger partial charge < -0.3 is 5.73 Å². The van der Waals surface area contributed by atoms with E-state index in [1.807, 2.05) is 18.2 Å². The average Bonchev–Trinajstić information content (AvgIpc) is 2.16. The zero-order chi connectivity index (χ0) is 10.7. The second-order valence-electron chi connectivity index (χ2n) is 3.55. The predicted octanol–water partition coefficient (Wildman–Crippen LogP) is 4.46. The Balaban J connectivity index is 0.00000196. The lowest BCUT2D eigenvalue weighted by molar-refractivity contribution is 0.457. The maximum Gasteiger partial charge on any atom is 0.0468 e. The van der Waals surface area contributed by atoms with Crippen molar-refractivity contribution in [3.63, 3.8) is 0 Å². The van der Waals surface area contributed by atoms with Gasteiger partial charge in [0.2, 0.25) is 0 Å². The van der Waals surface area contributed by atoms with E-state index in [0.29, 0.717) is 16.0 Å². The summed E-state index contributed by atoms with van der Waals surface area (Å²) in [7, 11) is 0. The summed E-state index contributed by atoms with van der Waals surface area (Å²) in [6.45, 7) is 4.21. The van der Waals surface area contributed by atoms with Crippen LogP contribution in [0.5, 0.6) is 0 Å². The summed E-state index contributed by atoms with van der Waals surface area (Å²) in [5.74, 6) is 0.382. The molecular formula is C11H16Cl3N. The van der Waals surface area contributed by atoms with Crippen molar-refractivity contribution in [3.05, 3.63) is 33.8 Å². The van der Waals surface area contributed by atoms with Crippen molar-refractivity contribution < 1.29 is 0 Å². The van der Waals surface area contributed by atoms with Crippen molar-refractivity contribution in [1.82, 2.24) is 0 Å². The minimum Gasteiger partial charge on any atom is -0.324 e. The van der Waals surface area contributed by atoms with Crippen LogP contribution in [0.25, 0.3) is 0 Å². The van der Waals surface area contributed by atoms with Gasteiger partial charge in [0.05, 0.1) is 0 Å². The van der Waals surface area contributed by atoms with Crippen molar-refractivity contribution in [3.8, 4) is 0 Å². The highest BCUT2D eigenvalue weighted by atomic mass is 35.5. The first-order valence-corrected chi connectivity index (χ1v) is 5.53. The van der Waals surface area contributed by atoms with Crippen LogP contribution in [0.3, 0.4) is 0 Å². The fraction of sp³-hybridized carbons (Fsp3) is 0.455. The molecule has 0 aromatic heterocycles. The molecule has 0 fully saturated rings. The minimum atomic E-state index is -0.0822. The molecule has 0 bridgehead atoms. The average molecular weight is 269 g/mol. The highest BCUT2D eigenvalue weighted by Gasteiger charge is 2.18. The van der Waals surface area contributed by atoms with Crippen LogP contribution < -0.4 is 5.73 Å². The summed E-state index contributed by atoms with van der Waals surface area (Å²) < 4.78 is 0. The van der Waals surface area contributed by atoms with Crippen molar-refractivity contribution in [2.45, 2.75) is 26.3 Å². The molecule has 1 aromatic carbocycles. The van der Waals surface area contributed by atoms with E-state index in [1.54, 1.807) is 0 Å². The maximum atomic E-state index is 6.08. The SMILES string of the molecule is CCC(C)[C@@H](N)c1c(Cl)cccc1Cl.Cl. The topological polar surface area (TPSA) is 26.0 Å². The quantitative estimate of drug-likeness (QED) is 0.860. The zero-order valence-corrected chi connectivity index (χ0v) is 11.2. The molecule has 0 amide bonds. The summed E-state index contributed by atoms with van der Waals surface area (Å²) in [6.07, 6.45) is 1.02. The molecule has 0 spiro atoms. The molecule has 2 atom stereocenters. The van der Waals surface area contributed by atoms with Crippen LogP contribution in [0.1, 0.15) is 31.9 Å². The first-order valence-electron chi connectivity index (χ1n) is 4.77. The number of hydrogen-bond acceptors (Lipinski definition) is 1. The molecule has 1 nitrogen and oxygen atoms in total. The third-order valence-corrected chi connectivity index (χ3v) is 3.25. The third kappa shape index (κ3) is 3.53. The molecular weight excluding hydrogens is 252 g/mol. The van der Waals surface area contributed by atoms with Gasteiger partial charge in [0.15, 0.2) is 0 Å². The Morgan fingerprint density at radius 3 is 2.13 bits per heavy atom. The molecule has 2 N–H and O–H groups in total. The van der Waals surface area contributed by atoms with Gasteiger partial charge in [0.25, 0.3) is 0 Å². The molecule has 0 aliphatic heterocycles. The normalized spacial score (nSPS) is 14.2. The van der Waals surface area contributed by atoms with Crippen LogP contribution in [-0.2, 0) is 0 Å². The Kier molecular flexibility index (Phi) is 6.62. The van der Waals surface area contributed by atoms with E-state index in [9.17, 15) is 0 Å². The first kappa shape index (κ1) is 15.0. The van der Waals surface area contributed by atoms with Gasteiger partial charge in [-0.3, -0.25) is 0 Å². The highest BCUT2D eigenvalue weighted by Crippen LogP contribution is 2.33. The second kappa shape index (κ2) is 6.59. The van der Waals surface area contributed by atoms with Crippen molar-refractivity contribution >= 4 is 35.6 Å². The Labute approximate surface area is 107 Å². The molecule has 1 aromatic rings. The van der Waals surface area contributed by atoms with Crippen molar-refractivity contribution in [1.29, 1.82) is 0 Å². The van der Waals surface area contributed by atoms with Crippen LogP contribution in [0.4, 0.5) is 0 Å². The smallest absolute Gasteiger partial charge is 0.0468 e. The number of halogens is 3. The molecule has 0 radical (unpaired) electrons. The summed E-state index contributed by atoms with van der Waals surface area (Å²) in [6, 6.07) is 5.40. The van der Waals surface area contributed by atoms with Gasteiger partial charge in [0.1, 0.15) is 0 Å². The molecule has 0 aliphatic carbocycles. The monoisotopic (exact) mass is 267 g/mol. The largest absolute Gasteiger partial charge is 0.324 e. The van der Waals surface area contributed by atoms with Gasteiger partial charge >= 0.3 is 0 Å². The first-order chi connectivity index (χ1) is 6.57. The number of nitrogens with two attached hydrogens (primary N) is 1. The van der Waals surface area contributed by atoms with E-state index in [4.69, 9.17) is 28.9 Å². The maximum absolute atomic E-state index is 6.08. The van der Waals surface area contributed by atoms with Crippen LogP contribution in [0.15, 0.2) is 18.2 Å². The van der Waals surface area contributed by atoms with Gasteiger partial charge in [-0.1, -0.05) is 49.5 Å². The van der Waals surface area contributed by atoms with Crippen molar-refractivity contribution in [2.75, 3.05) is 0 Å². The molecule has 0 heterocycles. The van der Waals surface area contributed by atoms with E-state index in [0.717, 1.165) is 12.0 Å². The second-order valence-corrected chi connectivity index (χ2v) is 4.36. The van der Waals surface area contributed by atoms with E-state index < -0.39 is 0 Å². The molecule has 86 valence electrons. The fourth-order valence-corrected chi connectivity index (χ4v) is 2.02. The molecule has 4 heteroatoms. The zero-order valence-electron chi connectivity index (χ0n) is 8.84. The molecule has 15 heavy (non-hydrogen) atoms. The Hall–Kier alpha value is 0.0500. The third-order valence-electron chi connectivity index (χ3n) is 2.59. The van der Waals surface area contributed by atoms with Crippen LogP contribution in [0.2, 0.25) is 10.0 Å². The Morgan fingerprint density at radius 2 is 1.73 bits per heavy atom. The van der Waals surface area contributed by atoms with Gasteiger partial charge in [-0.25, -0.2) is 0 Å². The minimum absolute atomic E-state index is 0. The van der Waals surface area contributed by atoms with Gasteiger partial charge in [-0.15, -0.1) is 12.4 Å². The molecule has 0 saturated heterocycles. The summed E-state index contributed by atoms with van der Waals surface area (Å²) in [5, 5.41) is 1.32. The Bertz CT molecular complexity index is 294. The van der Waals surface area contributed by atoms with Gasteiger partial charge in [-0.2, -0.15) is 0 Å². The number of benzene rings is 1. The standard InChI is InChI=1S/C11H15Cl2N.ClH/c1-3-7(2)11(14)10-8(12)5-4-6-9(10)13;/h4-7,11H,3,14H2,1-2H3;1H/t7?,11-;/m1./s1. The number of hydrogen-bond donors (Lipinski definition) is 1. The van der Waals surface area contributed by atoms with E-state index in [2.05, 4.69) is 13.8 Å². The lowest BCUT2D eigenvalue weighted by Crippen LogP contribution is -2.19. The van der Waals surface area contributed by atoms with E-state index >= 15 is 0 Å². The molecule has 0 saturated carbocycles. The lowest BCUT2D eigenvalue weighted by Gasteiger charge is -2.20. The predicted molar refractivity (Wildman–Crippen MR) is 70.1 cm³/mol. The van der Waals surface area contributed by atoms with Crippen LogP contribution >= 0.6 is 35.6 Å². The molecule has 0 aliphatic rings. The van der Waals surface area contributed by atoms with E-state index in [-0.39, 0.29) is 18.4 Å². The summed E-state index contributed by atoms with van der Waals surface area (Å²) in [5.41, 5.74) is 6.95. The van der Waals surface area contributed by atoms with Crippen molar-refractivity contribution in [2.24, 2.45) is 11.7 Å². The lowest BCUT2D eigenvalue weighted by atomic mass is 9.93. The summed E-state index contributed by atoms with van der Waals surface area (Å²) >= 11 is 12.1. The van der Waals surface area contributed by atoms with Gasteiger partial charge in [-0.05, 0) is 18.1 Å². The van der Waals surface area contributed by atoms with Crippen LogP contribution in [0, 0.1) is 5.92 Å². The summed E-state index contributed by atoms with van der Waals surface area (Å²) in [4.78, 5) is 0. The Morgan fingerprint density at radius 1 is 1.27 bits per heavy atom. The van der Waals surface area contributed by atoms with Gasteiger partial charge in [0, 0.05) is 21.7 Å². The molecule has 1 unspecified atom stereocenters. The fourth-order valence-electron chi connectivity index (χ4n) is 1.37. The number of rotatable bonds is 3. The van der Waals surface area contributed by atoms with Crippen LogP contribution in [-0.4, -0.2) is 0 Å². The molecule has 1 rings (SSSR count). The highest BCUT2D eigenvalue weighted by molar-refractivity contribution is 6.36. The van der Waals surface area contributed by atoms with E-state index in [1.165, 1.54) is 0 Å².